The Bertz CT molecular complexity index is 456. The molecular weight excluding hydrogens is 264 g/mol. The molecule has 2 atom stereocenters. The standard InChI is InChI=1S/C17H26N2O2/c1-20-15-5-3-13(4-6-15)11-16(19-18)14-7-10-21-17(12-14)8-2-9-17/h3-6,14,16,19H,2,7-12,18H2,1H3. The van der Waals surface area contributed by atoms with Crippen molar-refractivity contribution in [3.8, 4) is 5.75 Å². The van der Waals surface area contributed by atoms with Crippen LogP contribution in [0.2, 0.25) is 0 Å². The summed E-state index contributed by atoms with van der Waals surface area (Å²) in [7, 11) is 1.69. The fraction of sp³-hybridized carbons (Fsp3) is 0.647. The highest BCUT2D eigenvalue weighted by Gasteiger charge is 2.44. The van der Waals surface area contributed by atoms with Crippen LogP contribution in [0.3, 0.4) is 0 Å². The molecule has 21 heavy (non-hydrogen) atoms. The molecule has 0 radical (unpaired) electrons. The largest absolute Gasteiger partial charge is 0.497 e. The average Bonchev–Trinajstić information content (AvgIpc) is 2.52. The summed E-state index contributed by atoms with van der Waals surface area (Å²) >= 11 is 0. The Morgan fingerprint density at radius 2 is 2.14 bits per heavy atom. The fourth-order valence-corrected chi connectivity index (χ4v) is 3.71. The number of hydrogen-bond donors (Lipinski definition) is 2. The summed E-state index contributed by atoms with van der Waals surface area (Å²) in [6.45, 7) is 0.880. The minimum Gasteiger partial charge on any atom is -0.497 e. The van der Waals surface area contributed by atoms with Crippen molar-refractivity contribution in [2.24, 2.45) is 11.8 Å². The SMILES string of the molecule is COc1ccc(CC(NN)C2CCOC3(CCC3)C2)cc1. The molecule has 116 valence electrons. The third-order valence-corrected chi connectivity index (χ3v) is 5.19. The number of hydrazine groups is 1. The number of ether oxygens (including phenoxy) is 2. The lowest BCUT2D eigenvalue weighted by Gasteiger charge is -2.48. The van der Waals surface area contributed by atoms with Crippen LogP contribution in [0.1, 0.15) is 37.7 Å². The van der Waals surface area contributed by atoms with E-state index in [1.165, 1.54) is 24.8 Å². The van der Waals surface area contributed by atoms with Gasteiger partial charge in [-0.3, -0.25) is 11.3 Å². The van der Waals surface area contributed by atoms with Crippen molar-refractivity contribution in [2.45, 2.75) is 50.2 Å². The molecule has 2 aliphatic rings. The zero-order valence-electron chi connectivity index (χ0n) is 12.8. The van der Waals surface area contributed by atoms with Crippen molar-refractivity contribution in [1.29, 1.82) is 0 Å². The monoisotopic (exact) mass is 290 g/mol. The molecule has 3 N–H and O–H groups in total. The Labute approximate surface area is 127 Å². The van der Waals surface area contributed by atoms with Crippen molar-refractivity contribution < 1.29 is 9.47 Å². The van der Waals surface area contributed by atoms with Crippen LogP contribution in [0.15, 0.2) is 24.3 Å². The molecule has 0 amide bonds. The summed E-state index contributed by atoms with van der Waals surface area (Å²) in [6.07, 6.45) is 6.98. The molecule has 1 aromatic rings. The molecule has 2 unspecified atom stereocenters. The van der Waals surface area contributed by atoms with Gasteiger partial charge in [-0.25, -0.2) is 0 Å². The van der Waals surface area contributed by atoms with Crippen LogP contribution >= 0.6 is 0 Å². The van der Waals surface area contributed by atoms with Crippen LogP contribution < -0.4 is 16.0 Å². The zero-order chi connectivity index (χ0) is 14.7. The van der Waals surface area contributed by atoms with Gasteiger partial charge < -0.3 is 9.47 Å². The van der Waals surface area contributed by atoms with Crippen molar-refractivity contribution in [2.75, 3.05) is 13.7 Å². The zero-order valence-corrected chi connectivity index (χ0v) is 12.8. The Hall–Kier alpha value is -1.10. The average molecular weight is 290 g/mol. The van der Waals surface area contributed by atoms with E-state index in [1.54, 1.807) is 7.11 Å². The first kappa shape index (κ1) is 14.8. The first-order valence-corrected chi connectivity index (χ1v) is 7.98. The molecule has 1 aliphatic heterocycles. The fourth-order valence-electron chi connectivity index (χ4n) is 3.71. The van der Waals surface area contributed by atoms with Gasteiger partial charge in [0.15, 0.2) is 0 Å². The van der Waals surface area contributed by atoms with E-state index < -0.39 is 0 Å². The van der Waals surface area contributed by atoms with E-state index in [1.807, 2.05) is 12.1 Å². The van der Waals surface area contributed by atoms with E-state index in [4.69, 9.17) is 15.3 Å². The summed E-state index contributed by atoms with van der Waals surface area (Å²) in [6, 6.07) is 8.60. The highest BCUT2D eigenvalue weighted by molar-refractivity contribution is 5.27. The maximum atomic E-state index is 6.02. The van der Waals surface area contributed by atoms with Gasteiger partial charge in [-0.1, -0.05) is 12.1 Å². The van der Waals surface area contributed by atoms with Gasteiger partial charge in [0, 0.05) is 12.6 Å². The van der Waals surface area contributed by atoms with Gasteiger partial charge in [0.2, 0.25) is 0 Å². The smallest absolute Gasteiger partial charge is 0.118 e. The van der Waals surface area contributed by atoms with Gasteiger partial charge in [0.05, 0.1) is 12.7 Å². The van der Waals surface area contributed by atoms with E-state index in [0.717, 1.165) is 31.6 Å². The quantitative estimate of drug-likeness (QED) is 0.646. The van der Waals surface area contributed by atoms with E-state index in [0.29, 0.717) is 12.0 Å². The first-order chi connectivity index (χ1) is 10.2. The van der Waals surface area contributed by atoms with Gasteiger partial charge in [0.25, 0.3) is 0 Å². The van der Waals surface area contributed by atoms with E-state index in [-0.39, 0.29) is 5.60 Å². The lowest BCUT2D eigenvalue weighted by atomic mass is 9.70. The van der Waals surface area contributed by atoms with Crippen molar-refractivity contribution in [3.05, 3.63) is 29.8 Å². The third kappa shape index (κ3) is 3.23. The van der Waals surface area contributed by atoms with E-state index >= 15 is 0 Å². The van der Waals surface area contributed by atoms with Crippen LogP contribution in [0.5, 0.6) is 5.75 Å². The minimum atomic E-state index is 0.178. The molecule has 1 saturated heterocycles. The highest BCUT2D eigenvalue weighted by Crippen LogP contribution is 2.45. The molecule has 1 heterocycles. The molecule has 0 aromatic heterocycles. The summed E-state index contributed by atoms with van der Waals surface area (Å²) in [5.41, 5.74) is 4.53. The number of benzene rings is 1. The van der Waals surface area contributed by atoms with E-state index in [2.05, 4.69) is 17.6 Å². The Morgan fingerprint density at radius 3 is 2.71 bits per heavy atom. The molecule has 1 aliphatic carbocycles. The van der Waals surface area contributed by atoms with Crippen molar-refractivity contribution in [1.82, 2.24) is 5.43 Å². The molecule has 1 spiro atoms. The van der Waals surface area contributed by atoms with Gasteiger partial charge in [-0.2, -0.15) is 0 Å². The Balaban J connectivity index is 1.63. The van der Waals surface area contributed by atoms with Crippen molar-refractivity contribution in [3.63, 3.8) is 0 Å². The second kappa shape index (κ2) is 6.34. The molecule has 4 heteroatoms. The predicted octanol–water partition coefficient (Wildman–Crippen LogP) is 2.42. The van der Waals surface area contributed by atoms with Crippen LogP contribution in [-0.4, -0.2) is 25.4 Å². The van der Waals surface area contributed by atoms with E-state index in [9.17, 15) is 0 Å². The summed E-state index contributed by atoms with van der Waals surface area (Å²) < 4.78 is 11.2. The van der Waals surface area contributed by atoms with Gasteiger partial charge in [-0.15, -0.1) is 0 Å². The molecule has 4 nitrogen and oxygen atoms in total. The maximum absolute atomic E-state index is 6.02. The minimum absolute atomic E-state index is 0.178. The van der Waals surface area contributed by atoms with Crippen LogP contribution in [0.25, 0.3) is 0 Å². The number of methoxy groups -OCH3 is 1. The topological polar surface area (TPSA) is 56.5 Å². The van der Waals surface area contributed by atoms with Gasteiger partial charge >= 0.3 is 0 Å². The lowest BCUT2D eigenvalue weighted by Crippen LogP contribution is -2.52. The predicted molar refractivity (Wildman–Crippen MR) is 83.1 cm³/mol. The number of nitrogens with one attached hydrogen (secondary N) is 1. The van der Waals surface area contributed by atoms with Gasteiger partial charge in [-0.05, 0) is 62.1 Å². The number of nitrogens with two attached hydrogens (primary N) is 1. The van der Waals surface area contributed by atoms with Crippen molar-refractivity contribution >= 4 is 0 Å². The number of rotatable bonds is 5. The van der Waals surface area contributed by atoms with Gasteiger partial charge in [0.1, 0.15) is 5.75 Å². The first-order valence-electron chi connectivity index (χ1n) is 7.98. The second-order valence-electron chi connectivity index (χ2n) is 6.46. The number of hydrogen-bond acceptors (Lipinski definition) is 4. The van der Waals surface area contributed by atoms with Crippen LogP contribution in [-0.2, 0) is 11.2 Å². The van der Waals surface area contributed by atoms with Crippen LogP contribution in [0, 0.1) is 5.92 Å². The third-order valence-electron chi connectivity index (χ3n) is 5.19. The second-order valence-corrected chi connectivity index (χ2v) is 6.46. The molecule has 1 saturated carbocycles. The highest BCUT2D eigenvalue weighted by atomic mass is 16.5. The molecule has 3 rings (SSSR count). The maximum Gasteiger partial charge on any atom is 0.118 e. The lowest BCUT2D eigenvalue weighted by molar-refractivity contribution is -0.147. The summed E-state index contributed by atoms with van der Waals surface area (Å²) in [5.74, 6) is 7.34. The normalized spacial score (nSPS) is 25.3. The Morgan fingerprint density at radius 1 is 1.38 bits per heavy atom. The summed E-state index contributed by atoms with van der Waals surface area (Å²) in [4.78, 5) is 0. The molecular formula is C17H26N2O2. The molecule has 1 aromatic carbocycles. The van der Waals surface area contributed by atoms with Crippen LogP contribution in [0.4, 0.5) is 0 Å². The summed E-state index contributed by atoms with van der Waals surface area (Å²) in [5, 5.41) is 0. The Kier molecular flexibility index (Phi) is 4.48. The molecule has 0 bridgehead atoms. The molecule has 2 fully saturated rings.